The number of hydrogen-bond donors (Lipinski definition) is 0. The Bertz CT molecular complexity index is 673. The van der Waals surface area contributed by atoms with Crippen LogP contribution in [0.3, 0.4) is 0 Å². The molecule has 2 aromatic rings. The van der Waals surface area contributed by atoms with Crippen LogP contribution < -0.4 is 4.90 Å². The molecule has 0 saturated heterocycles. The molecule has 5 nitrogen and oxygen atoms in total. The number of anilines is 1. The Morgan fingerprint density at radius 3 is 2.84 bits per heavy atom. The van der Waals surface area contributed by atoms with Crippen LogP contribution in [0.4, 0.5) is 14.5 Å². The summed E-state index contributed by atoms with van der Waals surface area (Å²) in [7, 11) is 0. The number of rotatable bonds is 1. The summed E-state index contributed by atoms with van der Waals surface area (Å²) in [6.45, 7) is 1.51. The van der Waals surface area contributed by atoms with Gasteiger partial charge in [0.2, 0.25) is 0 Å². The summed E-state index contributed by atoms with van der Waals surface area (Å²) in [5.41, 5.74) is -0.146. The quantitative estimate of drug-likeness (QED) is 0.779. The highest BCUT2D eigenvalue weighted by Crippen LogP contribution is 2.26. The smallest absolute Gasteiger partial charge is 0.183 e. The van der Waals surface area contributed by atoms with Gasteiger partial charge in [0, 0.05) is 13.1 Å². The van der Waals surface area contributed by atoms with Crippen LogP contribution in [0.5, 0.6) is 0 Å². The minimum Gasteiger partial charge on any atom is -0.360 e. The standard InChI is InChI=1S/C12H9F2N5/c13-11-8(5-15)1-2-9(12(11)14)18-3-4-19-7-16-17-10(19)6-18/h1-2,7H,3-4,6H2. The van der Waals surface area contributed by atoms with Gasteiger partial charge in [0.05, 0.1) is 17.8 Å². The number of fused-ring (bicyclic) bond motifs is 1. The zero-order valence-corrected chi connectivity index (χ0v) is 9.85. The molecule has 7 heteroatoms. The predicted octanol–water partition coefficient (Wildman–Crippen LogP) is 1.45. The van der Waals surface area contributed by atoms with Gasteiger partial charge in [-0.15, -0.1) is 10.2 Å². The maximum atomic E-state index is 13.9. The van der Waals surface area contributed by atoms with Crippen LogP contribution in [0.1, 0.15) is 11.4 Å². The van der Waals surface area contributed by atoms with E-state index in [4.69, 9.17) is 5.26 Å². The van der Waals surface area contributed by atoms with Crippen molar-refractivity contribution in [2.24, 2.45) is 0 Å². The molecule has 0 aliphatic carbocycles. The zero-order chi connectivity index (χ0) is 13.4. The number of aromatic nitrogens is 3. The number of nitrogens with zero attached hydrogens (tertiary/aromatic N) is 5. The Kier molecular flexibility index (Phi) is 2.63. The molecule has 0 unspecified atom stereocenters. The average Bonchev–Trinajstić information content (AvgIpc) is 2.89. The maximum Gasteiger partial charge on any atom is 0.183 e. The van der Waals surface area contributed by atoms with Crippen LogP contribution in [0.2, 0.25) is 0 Å². The first kappa shape index (κ1) is 11.6. The number of hydrogen-bond acceptors (Lipinski definition) is 4. The van der Waals surface area contributed by atoms with Crippen LogP contribution in [0, 0.1) is 23.0 Å². The van der Waals surface area contributed by atoms with Gasteiger partial charge < -0.3 is 9.47 Å². The third kappa shape index (κ3) is 1.81. The molecule has 1 aliphatic heterocycles. The van der Waals surface area contributed by atoms with Crippen molar-refractivity contribution in [1.29, 1.82) is 5.26 Å². The third-order valence-electron chi connectivity index (χ3n) is 3.16. The summed E-state index contributed by atoms with van der Waals surface area (Å²) in [5, 5.41) is 16.4. The largest absolute Gasteiger partial charge is 0.360 e. The first-order valence-corrected chi connectivity index (χ1v) is 5.70. The van der Waals surface area contributed by atoms with E-state index in [1.54, 1.807) is 17.3 Å². The average molecular weight is 261 g/mol. The Morgan fingerprint density at radius 2 is 2.05 bits per heavy atom. The van der Waals surface area contributed by atoms with Crippen molar-refractivity contribution in [3.63, 3.8) is 0 Å². The van der Waals surface area contributed by atoms with Gasteiger partial charge in [0.15, 0.2) is 17.5 Å². The monoisotopic (exact) mass is 261 g/mol. The van der Waals surface area contributed by atoms with Crippen molar-refractivity contribution in [3.8, 4) is 6.07 Å². The first-order chi connectivity index (χ1) is 9.20. The molecule has 0 amide bonds. The lowest BCUT2D eigenvalue weighted by Crippen LogP contribution is -2.34. The molecule has 0 radical (unpaired) electrons. The molecule has 1 aromatic heterocycles. The second-order valence-corrected chi connectivity index (χ2v) is 4.23. The van der Waals surface area contributed by atoms with E-state index in [-0.39, 0.29) is 11.3 Å². The van der Waals surface area contributed by atoms with Crippen molar-refractivity contribution in [2.75, 3.05) is 11.4 Å². The molecular formula is C12H9F2N5. The fourth-order valence-electron chi connectivity index (χ4n) is 2.14. The molecule has 0 bridgehead atoms. The van der Waals surface area contributed by atoms with E-state index in [0.717, 1.165) is 0 Å². The molecule has 96 valence electrons. The minimum atomic E-state index is -1.10. The summed E-state index contributed by atoms with van der Waals surface area (Å²) in [6, 6.07) is 4.32. The van der Waals surface area contributed by atoms with E-state index in [2.05, 4.69) is 10.2 Å². The summed E-state index contributed by atoms with van der Waals surface area (Å²) in [4.78, 5) is 1.68. The normalized spacial score (nSPS) is 14.1. The van der Waals surface area contributed by atoms with Gasteiger partial charge in [-0.3, -0.25) is 0 Å². The van der Waals surface area contributed by atoms with Crippen LogP contribution in [0.15, 0.2) is 18.5 Å². The number of nitriles is 1. The van der Waals surface area contributed by atoms with Gasteiger partial charge in [0.1, 0.15) is 12.4 Å². The van der Waals surface area contributed by atoms with Gasteiger partial charge in [-0.1, -0.05) is 0 Å². The Hall–Kier alpha value is -2.49. The molecule has 0 atom stereocenters. The highest BCUT2D eigenvalue weighted by atomic mass is 19.2. The van der Waals surface area contributed by atoms with E-state index in [9.17, 15) is 8.78 Å². The van der Waals surface area contributed by atoms with Crippen molar-refractivity contribution in [2.45, 2.75) is 13.1 Å². The van der Waals surface area contributed by atoms with Crippen LogP contribution >= 0.6 is 0 Å². The van der Waals surface area contributed by atoms with Crippen LogP contribution in [-0.4, -0.2) is 21.3 Å². The fraction of sp³-hybridized carbons (Fsp3) is 0.250. The highest BCUT2D eigenvalue weighted by Gasteiger charge is 2.22. The molecule has 0 fully saturated rings. The number of halogens is 2. The second-order valence-electron chi connectivity index (χ2n) is 4.23. The molecule has 19 heavy (non-hydrogen) atoms. The van der Waals surface area contributed by atoms with Crippen molar-refractivity contribution in [1.82, 2.24) is 14.8 Å². The Balaban J connectivity index is 1.97. The van der Waals surface area contributed by atoms with E-state index >= 15 is 0 Å². The van der Waals surface area contributed by atoms with Crippen molar-refractivity contribution >= 4 is 5.69 Å². The topological polar surface area (TPSA) is 57.7 Å². The van der Waals surface area contributed by atoms with Gasteiger partial charge in [-0.05, 0) is 12.1 Å². The summed E-state index contributed by atoms with van der Waals surface area (Å²) < 4.78 is 29.4. The third-order valence-corrected chi connectivity index (χ3v) is 3.16. The molecule has 0 saturated carbocycles. The van der Waals surface area contributed by atoms with Crippen molar-refractivity contribution < 1.29 is 8.78 Å². The Morgan fingerprint density at radius 1 is 1.21 bits per heavy atom. The summed E-state index contributed by atoms with van der Waals surface area (Å²) >= 11 is 0. The van der Waals surface area contributed by atoms with Gasteiger partial charge in [0.25, 0.3) is 0 Å². The summed E-state index contributed by atoms with van der Waals surface area (Å²) in [5.74, 6) is -1.39. The van der Waals surface area contributed by atoms with E-state index in [1.165, 1.54) is 12.1 Å². The molecular weight excluding hydrogens is 252 g/mol. The van der Waals surface area contributed by atoms with E-state index < -0.39 is 11.6 Å². The van der Waals surface area contributed by atoms with Gasteiger partial charge in [-0.2, -0.15) is 5.26 Å². The molecule has 0 N–H and O–H groups in total. The second kappa shape index (κ2) is 4.31. The van der Waals surface area contributed by atoms with Crippen molar-refractivity contribution in [3.05, 3.63) is 41.5 Å². The van der Waals surface area contributed by atoms with E-state index in [0.29, 0.717) is 25.5 Å². The molecule has 1 aliphatic rings. The van der Waals surface area contributed by atoms with Crippen LogP contribution in [0.25, 0.3) is 0 Å². The van der Waals surface area contributed by atoms with Gasteiger partial charge >= 0.3 is 0 Å². The predicted molar refractivity (Wildman–Crippen MR) is 62.1 cm³/mol. The number of benzene rings is 1. The maximum absolute atomic E-state index is 13.9. The first-order valence-electron chi connectivity index (χ1n) is 5.70. The molecule has 1 aromatic carbocycles. The highest BCUT2D eigenvalue weighted by molar-refractivity contribution is 5.52. The molecule has 2 heterocycles. The SMILES string of the molecule is N#Cc1ccc(N2CCn3cnnc3C2)c(F)c1F. The summed E-state index contributed by atoms with van der Waals surface area (Å²) in [6.07, 6.45) is 1.61. The van der Waals surface area contributed by atoms with Gasteiger partial charge in [-0.25, -0.2) is 8.78 Å². The minimum absolute atomic E-state index is 0.144. The van der Waals surface area contributed by atoms with Crippen LogP contribution in [-0.2, 0) is 13.1 Å². The zero-order valence-electron chi connectivity index (χ0n) is 9.85. The fourth-order valence-corrected chi connectivity index (χ4v) is 2.14. The lowest BCUT2D eigenvalue weighted by Gasteiger charge is -2.29. The Labute approximate surface area is 107 Å². The molecule has 0 spiro atoms. The lowest BCUT2D eigenvalue weighted by molar-refractivity contribution is 0.493. The molecule has 3 rings (SSSR count). The lowest BCUT2D eigenvalue weighted by atomic mass is 10.1. The van der Waals surface area contributed by atoms with E-state index in [1.807, 2.05) is 4.57 Å².